The van der Waals surface area contributed by atoms with Gasteiger partial charge in [-0.25, -0.2) is 0 Å². The Bertz CT molecular complexity index is 435. The van der Waals surface area contributed by atoms with E-state index in [1.807, 2.05) is 32.0 Å². The fourth-order valence-electron chi connectivity index (χ4n) is 1.63. The van der Waals surface area contributed by atoms with Crippen molar-refractivity contribution in [3.8, 4) is 5.75 Å². The van der Waals surface area contributed by atoms with Crippen molar-refractivity contribution in [2.75, 3.05) is 6.54 Å². The number of ether oxygens (including phenoxy) is 1. The molecule has 3 N–H and O–H groups in total. The molecule has 0 aliphatic heterocycles. The molecule has 0 spiro atoms. The van der Waals surface area contributed by atoms with Gasteiger partial charge in [0, 0.05) is 10.5 Å². The Morgan fingerprint density at radius 1 is 1.42 bits per heavy atom. The Hall–Kier alpha value is -1.07. The van der Waals surface area contributed by atoms with Gasteiger partial charge in [-0.3, -0.25) is 4.79 Å². The number of nitrogens with one attached hydrogen (secondary N) is 1. The number of carbonyl (C=O) groups excluding carboxylic acids is 1. The first kappa shape index (κ1) is 16.0. The molecule has 0 saturated carbocycles. The van der Waals surface area contributed by atoms with Crippen molar-refractivity contribution in [2.24, 2.45) is 5.73 Å². The minimum Gasteiger partial charge on any atom is -0.481 e. The molecule has 1 unspecified atom stereocenters. The lowest BCUT2D eigenvalue weighted by molar-refractivity contribution is -0.127. The van der Waals surface area contributed by atoms with Crippen LogP contribution in [0.4, 0.5) is 0 Å². The van der Waals surface area contributed by atoms with Crippen LogP contribution in [0.1, 0.15) is 26.3 Å². The molecule has 4 nitrogen and oxygen atoms in total. The van der Waals surface area contributed by atoms with E-state index in [0.29, 0.717) is 12.3 Å². The van der Waals surface area contributed by atoms with E-state index in [4.69, 9.17) is 10.5 Å². The van der Waals surface area contributed by atoms with Gasteiger partial charge in [0.2, 0.25) is 0 Å². The van der Waals surface area contributed by atoms with Crippen LogP contribution in [0.25, 0.3) is 0 Å². The van der Waals surface area contributed by atoms with Crippen LogP contribution in [0.5, 0.6) is 5.75 Å². The summed E-state index contributed by atoms with van der Waals surface area (Å²) in [6, 6.07) is 5.77. The van der Waals surface area contributed by atoms with Crippen LogP contribution in [0, 0.1) is 0 Å². The fourth-order valence-corrected chi connectivity index (χ4v) is 2.08. The summed E-state index contributed by atoms with van der Waals surface area (Å²) < 4.78 is 6.65. The summed E-state index contributed by atoms with van der Waals surface area (Å²) in [5.74, 6) is 0.566. The van der Waals surface area contributed by atoms with Gasteiger partial charge in [-0.15, -0.1) is 0 Å². The molecular formula is C14H21BrN2O2. The van der Waals surface area contributed by atoms with Crippen molar-refractivity contribution in [2.45, 2.75) is 39.3 Å². The first-order valence-corrected chi connectivity index (χ1v) is 7.19. The maximum absolute atomic E-state index is 11.8. The SMILES string of the molecule is CC(C)NC(=O)C(C)Oc1ccc(Br)c(CCN)c1. The van der Waals surface area contributed by atoms with E-state index in [-0.39, 0.29) is 11.9 Å². The smallest absolute Gasteiger partial charge is 0.260 e. The Balaban J connectivity index is 2.71. The van der Waals surface area contributed by atoms with Gasteiger partial charge in [0.25, 0.3) is 5.91 Å². The molecule has 0 aromatic heterocycles. The molecule has 0 heterocycles. The average molecular weight is 329 g/mol. The summed E-state index contributed by atoms with van der Waals surface area (Å²) in [6.45, 7) is 6.15. The van der Waals surface area contributed by atoms with Crippen LogP contribution >= 0.6 is 15.9 Å². The van der Waals surface area contributed by atoms with Gasteiger partial charge in [-0.05, 0) is 57.5 Å². The van der Waals surface area contributed by atoms with Crippen LogP contribution in [-0.2, 0) is 11.2 Å². The first-order chi connectivity index (χ1) is 8.93. The number of hydrogen-bond acceptors (Lipinski definition) is 3. The number of amides is 1. The van der Waals surface area contributed by atoms with Gasteiger partial charge in [0.1, 0.15) is 5.75 Å². The monoisotopic (exact) mass is 328 g/mol. The summed E-state index contributed by atoms with van der Waals surface area (Å²) in [7, 11) is 0. The lowest BCUT2D eigenvalue weighted by Gasteiger charge is -2.17. The van der Waals surface area contributed by atoms with Crippen molar-refractivity contribution in [1.82, 2.24) is 5.32 Å². The van der Waals surface area contributed by atoms with E-state index in [2.05, 4.69) is 21.2 Å². The highest BCUT2D eigenvalue weighted by molar-refractivity contribution is 9.10. The molecule has 1 aromatic carbocycles. The second kappa shape index (κ2) is 7.50. The Labute approximate surface area is 122 Å². The Kier molecular flexibility index (Phi) is 6.31. The molecule has 1 atom stereocenters. The second-order valence-corrected chi connectivity index (χ2v) is 5.57. The van der Waals surface area contributed by atoms with Gasteiger partial charge in [0.05, 0.1) is 0 Å². The molecule has 0 fully saturated rings. The molecule has 0 saturated heterocycles. The van der Waals surface area contributed by atoms with Gasteiger partial charge in [-0.2, -0.15) is 0 Å². The zero-order valence-electron chi connectivity index (χ0n) is 11.6. The summed E-state index contributed by atoms with van der Waals surface area (Å²) in [6.07, 6.45) is 0.249. The van der Waals surface area contributed by atoms with Crippen molar-refractivity contribution in [1.29, 1.82) is 0 Å². The first-order valence-electron chi connectivity index (χ1n) is 6.39. The predicted molar refractivity (Wildman–Crippen MR) is 80.3 cm³/mol. The number of rotatable bonds is 6. The van der Waals surface area contributed by atoms with Crippen molar-refractivity contribution in [3.63, 3.8) is 0 Å². The summed E-state index contributed by atoms with van der Waals surface area (Å²) in [5.41, 5.74) is 6.64. The van der Waals surface area contributed by atoms with Gasteiger partial charge < -0.3 is 15.8 Å². The zero-order chi connectivity index (χ0) is 14.4. The highest BCUT2D eigenvalue weighted by atomic mass is 79.9. The molecule has 1 amide bonds. The number of halogens is 1. The summed E-state index contributed by atoms with van der Waals surface area (Å²) in [4.78, 5) is 11.8. The number of benzene rings is 1. The highest BCUT2D eigenvalue weighted by Crippen LogP contribution is 2.23. The third-order valence-corrected chi connectivity index (χ3v) is 3.32. The lowest BCUT2D eigenvalue weighted by Crippen LogP contribution is -2.40. The van der Waals surface area contributed by atoms with E-state index >= 15 is 0 Å². The Morgan fingerprint density at radius 2 is 2.11 bits per heavy atom. The van der Waals surface area contributed by atoms with E-state index in [1.54, 1.807) is 6.92 Å². The molecule has 1 rings (SSSR count). The molecule has 0 aliphatic carbocycles. The molecule has 0 bridgehead atoms. The van der Waals surface area contributed by atoms with Crippen LogP contribution in [0.2, 0.25) is 0 Å². The minimum absolute atomic E-state index is 0.108. The Morgan fingerprint density at radius 3 is 2.68 bits per heavy atom. The quantitative estimate of drug-likeness (QED) is 0.841. The maximum Gasteiger partial charge on any atom is 0.260 e. The number of carbonyl (C=O) groups is 1. The third kappa shape index (κ3) is 5.20. The van der Waals surface area contributed by atoms with Gasteiger partial charge in [0.15, 0.2) is 6.10 Å². The second-order valence-electron chi connectivity index (χ2n) is 4.72. The standard InChI is InChI=1S/C14H21BrN2O2/c1-9(2)17-14(18)10(3)19-12-4-5-13(15)11(8-12)6-7-16/h4-5,8-10H,6-7,16H2,1-3H3,(H,17,18). The van der Waals surface area contributed by atoms with Gasteiger partial charge in [-0.1, -0.05) is 15.9 Å². The van der Waals surface area contributed by atoms with Crippen LogP contribution in [0.3, 0.4) is 0 Å². The minimum atomic E-state index is -0.519. The summed E-state index contributed by atoms with van der Waals surface area (Å²) in [5, 5.41) is 2.82. The van der Waals surface area contributed by atoms with Crippen molar-refractivity contribution < 1.29 is 9.53 Å². The number of hydrogen-bond donors (Lipinski definition) is 2. The molecule has 1 aromatic rings. The maximum atomic E-state index is 11.8. The van der Waals surface area contributed by atoms with Crippen LogP contribution in [-0.4, -0.2) is 24.6 Å². The van der Waals surface area contributed by atoms with Crippen LogP contribution < -0.4 is 15.8 Å². The van der Waals surface area contributed by atoms with Gasteiger partial charge >= 0.3 is 0 Å². The van der Waals surface area contributed by atoms with Crippen LogP contribution in [0.15, 0.2) is 22.7 Å². The van der Waals surface area contributed by atoms with Crippen molar-refractivity contribution >= 4 is 21.8 Å². The molecular weight excluding hydrogens is 308 g/mol. The van der Waals surface area contributed by atoms with E-state index in [1.165, 1.54) is 0 Å². The topological polar surface area (TPSA) is 64.3 Å². The molecule has 106 valence electrons. The van der Waals surface area contributed by atoms with E-state index < -0.39 is 6.10 Å². The normalized spacial score (nSPS) is 12.3. The number of nitrogens with two attached hydrogens (primary N) is 1. The van der Waals surface area contributed by atoms with E-state index in [9.17, 15) is 4.79 Å². The molecule has 0 aliphatic rings. The molecule has 5 heteroatoms. The summed E-state index contributed by atoms with van der Waals surface area (Å²) >= 11 is 3.47. The highest BCUT2D eigenvalue weighted by Gasteiger charge is 2.15. The third-order valence-electron chi connectivity index (χ3n) is 2.54. The van der Waals surface area contributed by atoms with Crippen molar-refractivity contribution in [3.05, 3.63) is 28.2 Å². The van der Waals surface area contributed by atoms with E-state index in [0.717, 1.165) is 16.5 Å². The molecule has 19 heavy (non-hydrogen) atoms. The average Bonchev–Trinajstić information content (AvgIpc) is 2.32. The fraction of sp³-hybridized carbons (Fsp3) is 0.500. The lowest BCUT2D eigenvalue weighted by atomic mass is 10.1. The largest absolute Gasteiger partial charge is 0.481 e. The predicted octanol–water partition coefficient (Wildman–Crippen LogP) is 2.24. The molecule has 0 radical (unpaired) electrons. The zero-order valence-corrected chi connectivity index (χ0v) is 13.2.